The Kier molecular flexibility index (Phi) is 6.33. The first kappa shape index (κ1) is 17.6. The average molecular weight is 313 g/mol. The van der Waals surface area contributed by atoms with E-state index < -0.39 is 0 Å². The van der Waals surface area contributed by atoms with E-state index in [1.54, 1.807) is 0 Å². The van der Waals surface area contributed by atoms with Crippen molar-refractivity contribution in [2.45, 2.75) is 40.7 Å². The molecule has 120 valence electrons. The Bertz CT molecular complexity index is 484. The molecule has 0 aliphatic heterocycles. The van der Waals surface area contributed by atoms with Crippen LogP contribution in [-0.4, -0.2) is 32.1 Å². The van der Waals surface area contributed by atoms with Gasteiger partial charge in [-0.25, -0.2) is 0 Å². The number of nitrogen functional groups attached to an aromatic ring is 1. The molecule has 1 aromatic rings. The molecule has 0 aliphatic carbocycles. The summed E-state index contributed by atoms with van der Waals surface area (Å²) in [6.45, 7) is 11.6. The maximum atomic E-state index is 12.1. The van der Waals surface area contributed by atoms with E-state index in [2.05, 4.69) is 24.1 Å². The molecule has 0 saturated carbocycles. The molecule has 3 N–H and O–H groups in total. The minimum absolute atomic E-state index is 0.00943. The molecule has 21 heavy (non-hydrogen) atoms. The lowest BCUT2D eigenvalue weighted by Crippen LogP contribution is -2.22. The summed E-state index contributed by atoms with van der Waals surface area (Å²) in [5.74, 6) is 0.996. The minimum atomic E-state index is -0.141. The molecule has 0 fully saturated rings. The quantitative estimate of drug-likeness (QED) is 0.812. The Morgan fingerprint density at radius 1 is 1.38 bits per heavy atom. The monoisotopic (exact) mass is 313 g/mol. The van der Waals surface area contributed by atoms with Gasteiger partial charge in [0, 0.05) is 20.1 Å². The second-order valence-electron chi connectivity index (χ2n) is 5.78. The fraction of sp³-hybridized carbons (Fsp3) is 0.667. The Hall–Kier alpha value is -1.43. The molecule has 0 radical (unpaired) electrons. The summed E-state index contributed by atoms with van der Waals surface area (Å²) in [7, 11) is 2.00. The predicted octanol–water partition coefficient (Wildman–Crippen LogP) is 2.96. The Morgan fingerprint density at radius 2 is 2.00 bits per heavy atom. The van der Waals surface area contributed by atoms with E-state index in [-0.39, 0.29) is 12.0 Å². The molecule has 0 spiro atoms. The van der Waals surface area contributed by atoms with E-state index in [4.69, 9.17) is 10.5 Å². The molecule has 6 heteroatoms. The van der Waals surface area contributed by atoms with Crippen LogP contribution in [0.2, 0.25) is 0 Å². The number of carbonyl (C=O) groups excluding carboxylic acids is 1. The summed E-state index contributed by atoms with van der Waals surface area (Å²) in [5.41, 5.74) is 6.59. The molecule has 0 aliphatic rings. The summed E-state index contributed by atoms with van der Waals surface area (Å²) in [6.07, 6.45) is 0.00943. The van der Waals surface area contributed by atoms with Crippen LogP contribution >= 0.6 is 11.3 Å². The third kappa shape index (κ3) is 4.52. The van der Waals surface area contributed by atoms with E-state index >= 15 is 0 Å². The SMILES string of the molecule is CCNC(=O)c1sc(N(C)CC(C)C)c(OC(C)C)c1N. The Morgan fingerprint density at radius 3 is 2.48 bits per heavy atom. The van der Waals surface area contributed by atoms with Crippen molar-refractivity contribution in [2.75, 3.05) is 30.8 Å². The van der Waals surface area contributed by atoms with Crippen LogP contribution in [0.5, 0.6) is 5.75 Å². The number of nitrogens with zero attached hydrogens (tertiary/aromatic N) is 1. The maximum absolute atomic E-state index is 12.1. The van der Waals surface area contributed by atoms with Gasteiger partial charge < -0.3 is 20.7 Å². The third-order valence-electron chi connectivity index (χ3n) is 2.77. The first-order valence-electron chi connectivity index (χ1n) is 7.36. The zero-order valence-electron chi connectivity index (χ0n) is 13.8. The zero-order chi connectivity index (χ0) is 16.2. The summed E-state index contributed by atoms with van der Waals surface area (Å²) in [5, 5.41) is 3.71. The van der Waals surface area contributed by atoms with Crippen LogP contribution < -0.4 is 20.7 Å². The van der Waals surface area contributed by atoms with E-state index in [1.807, 2.05) is 27.8 Å². The molecule has 0 atom stereocenters. The molecule has 0 aromatic carbocycles. The number of anilines is 2. The molecule has 1 amide bonds. The van der Waals surface area contributed by atoms with E-state index in [0.29, 0.717) is 28.8 Å². The van der Waals surface area contributed by atoms with Gasteiger partial charge in [0.1, 0.15) is 15.6 Å². The number of ether oxygens (including phenoxy) is 1. The van der Waals surface area contributed by atoms with Crippen LogP contribution in [0, 0.1) is 5.92 Å². The lowest BCUT2D eigenvalue weighted by Gasteiger charge is -2.22. The van der Waals surface area contributed by atoms with E-state index in [9.17, 15) is 4.79 Å². The van der Waals surface area contributed by atoms with Crippen LogP contribution in [0.4, 0.5) is 10.7 Å². The molecular formula is C15H27N3O2S. The van der Waals surface area contributed by atoms with Gasteiger partial charge in [0.05, 0.1) is 6.10 Å². The van der Waals surface area contributed by atoms with Gasteiger partial charge in [0.2, 0.25) is 0 Å². The summed E-state index contributed by atoms with van der Waals surface area (Å²) >= 11 is 1.39. The number of hydrogen-bond acceptors (Lipinski definition) is 5. The van der Waals surface area contributed by atoms with Crippen molar-refractivity contribution in [1.82, 2.24) is 5.32 Å². The van der Waals surface area contributed by atoms with Gasteiger partial charge in [-0.15, -0.1) is 11.3 Å². The molecule has 1 heterocycles. The number of amides is 1. The summed E-state index contributed by atoms with van der Waals surface area (Å²) < 4.78 is 5.85. The second kappa shape index (κ2) is 7.54. The van der Waals surface area contributed by atoms with Crippen molar-refractivity contribution in [2.24, 2.45) is 5.92 Å². The number of nitrogens with one attached hydrogen (secondary N) is 1. The lowest BCUT2D eigenvalue weighted by atomic mass is 10.2. The number of rotatable bonds is 7. The fourth-order valence-electron chi connectivity index (χ4n) is 2.06. The van der Waals surface area contributed by atoms with Crippen molar-refractivity contribution >= 4 is 27.9 Å². The highest BCUT2D eigenvalue weighted by Gasteiger charge is 2.25. The van der Waals surface area contributed by atoms with Gasteiger partial charge in [0.15, 0.2) is 5.75 Å². The topological polar surface area (TPSA) is 67.6 Å². The normalized spacial score (nSPS) is 11.0. The lowest BCUT2D eigenvalue weighted by molar-refractivity contribution is 0.0960. The average Bonchev–Trinajstić information content (AvgIpc) is 2.66. The van der Waals surface area contributed by atoms with Crippen molar-refractivity contribution in [3.05, 3.63) is 4.88 Å². The maximum Gasteiger partial charge on any atom is 0.263 e. The van der Waals surface area contributed by atoms with Crippen molar-refractivity contribution in [3.63, 3.8) is 0 Å². The molecule has 1 aromatic heterocycles. The Labute approximate surface area is 131 Å². The zero-order valence-corrected chi connectivity index (χ0v) is 14.6. The number of carbonyl (C=O) groups is 1. The highest BCUT2D eigenvalue weighted by Crippen LogP contribution is 2.45. The molecule has 0 bridgehead atoms. The molecule has 0 unspecified atom stereocenters. The number of thiophene rings is 1. The van der Waals surface area contributed by atoms with Gasteiger partial charge in [-0.1, -0.05) is 13.8 Å². The standard InChI is InChI=1S/C15H27N3O2S/c1-7-17-14(19)13-11(16)12(20-10(4)5)15(21-13)18(6)8-9(2)3/h9-10H,7-8,16H2,1-6H3,(H,17,19). The summed E-state index contributed by atoms with van der Waals surface area (Å²) in [6, 6.07) is 0. The van der Waals surface area contributed by atoms with Crippen LogP contribution in [0.15, 0.2) is 0 Å². The van der Waals surface area contributed by atoms with E-state index in [0.717, 1.165) is 11.5 Å². The van der Waals surface area contributed by atoms with Crippen molar-refractivity contribution in [1.29, 1.82) is 0 Å². The highest BCUT2D eigenvalue weighted by atomic mass is 32.1. The fourth-order valence-corrected chi connectivity index (χ4v) is 3.10. The molecule has 0 saturated heterocycles. The first-order chi connectivity index (χ1) is 9.77. The Balaban J connectivity index is 3.20. The third-order valence-corrected chi connectivity index (χ3v) is 4.06. The van der Waals surface area contributed by atoms with Crippen molar-refractivity contribution < 1.29 is 9.53 Å². The first-order valence-corrected chi connectivity index (χ1v) is 8.17. The van der Waals surface area contributed by atoms with Gasteiger partial charge in [-0.2, -0.15) is 0 Å². The van der Waals surface area contributed by atoms with Gasteiger partial charge >= 0.3 is 0 Å². The van der Waals surface area contributed by atoms with Gasteiger partial charge in [-0.05, 0) is 26.7 Å². The summed E-state index contributed by atoms with van der Waals surface area (Å²) in [4.78, 5) is 14.7. The molecular weight excluding hydrogens is 286 g/mol. The van der Waals surface area contributed by atoms with Crippen LogP contribution in [0.25, 0.3) is 0 Å². The van der Waals surface area contributed by atoms with Gasteiger partial charge in [-0.3, -0.25) is 4.79 Å². The second-order valence-corrected chi connectivity index (χ2v) is 6.78. The van der Waals surface area contributed by atoms with Gasteiger partial charge in [0.25, 0.3) is 5.91 Å². The largest absolute Gasteiger partial charge is 0.486 e. The molecule has 1 rings (SSSR count). The smallest absolute Gasteiger partial charge is 0.263 e. The van der Waals surface area contributed by atoms with Crippen LogP contribution in [0.3, 0.4) is 0 Å². The number of nitrogens with two attached hydrogens (primary N) is 1. The highest BCUT2D eigenvalue weighted by molar-refractivity contribution is 7.19. The van der Waals surface area contributed by atoms with Crippen LogP contribution in [-0.2, 0) is 0 Å². The molecule has 5 nitrogen and oxygen atoms in total. The van der Waals surface area contributed by atoms with E-state index in [1.165, 1.54) is 11.3 Å². The predicted molar refractivity (Wildman–Crippen MR) is 90.6 cm³/mol. The number of hydrogen-bond donors (Lipinski definition) is 2. The van der Waals surface area contributed by atoms with Crippen LogP contribution in [0.1, 0.15) is 44.3 Å². The van der Waals surface area contributed by atoms with Crippen molar-refractivity contribution in [3.8, 4) is 5.75 Å². The minimum Gasteiger partial charge on any atom is -0.486 e.